The van der Waals surface area contributed by atoms with Gasteiger partial charge in [-0.25, -0.2) is 0 Å². The zero-order valence-corrected chi connectivity index (χ0v) is 13.2. The zero-order chi connectivity index (χ0) is 14.4. The van der Waals surface area contributed by atoms with Crippen molar-refractivity contribution in [2.75, 3.05) is 6.54 Å². The Bertz CT molecular complexity index is 567. The molecule has 0 saturated carbocycles. The van der Waals surface area contributed by atoms with Crippen molar-refractivity contribution >= 4 is 29.2 Å². The van der Waals surface area contributed by atoms with Crippen LogP contribution in [-0.2, 0) is 11.2 Å². The second kappa shape index (κ2) is 8.70. The van der Waals surface area contributed by atoms with Crippen molar-refractivity contribution < 1.29 is 4.79 Å². The van der Waals surface area contributed by atoms with Gasteiger partial charge in [-0.05, 0) is 24.5 Å². The minimum Gasteiger partial charge on any atom is -0.361 e. The lowest BCUT2D eigenvalue weighted by atomic mass is 10.1. The molecular weight excluding hydrogens is 286 g/mol. The first kappa shape index (κ1) is 17.5. The molecule has 4 nitrogen and oxygen atoms in total. The number of halogens is 1. The smallest absolute Gasteiger partial charge is 0.236 e. The number of hydrogen-bond donors (Lipinski definition) is 3. The third-order valence-electron chi connectivity index (χ3n) is 3.57. The average molecular weight is 310 g/mol. The Labute approximate surface area is 131 Å². The zero-order valence-electron chi connectivity index (χ0n) is 12.4. The predicted molar refractivity (Wildman–Crippen MR) is 89.8 cm³/mol. The molecule has 0 radical (unpaired) electrons. The molecule has 1 aromatic carbocycles. The van der Waals surface area contributed by atoms with E-state index in [4.69, 9.17) is 5.73 Å². The number of aromatic amines is 1. The van der Waals surface area contributed by atoms with Gasteiger partial charge in [0, 0.05) is 23.6 Å². The van der Waals surface area contributed by atoms with Gasteiger partial charge in [0.05, 0.1) is 6.04 Å². The van der Waals surface area contributed by atoms with Crippen LogP contribution in [0.3, 0.4) is 0 Å². The van der Waals surface area contributed by atoms with E-state index in [0.717, 1.165) is 31.2 Å². The lowest BCUT2D eigenvalue weighted by Gasteiger charge is -2.11. The first-order valence-corrected chi connectivity index (χ1v) is 7.30. The Kier molecular flexibility index (Phi) is 7.26. The van der Waals surface area contributed by atoms with Crippen molar-refractivity contribution in [3.63, 3.8) is 0 Å². The van der Waals surface area contributed by atoms with E-state index in [1.807, 2.05) is 18.3 Å². The van der Waals surface area contributed by atoms with E-state index in [1.54, 1.807) is 0 Å². The standard InChI is InChI=1S/C16H23N3O.ClH/c1-2-3-7-14(17)16(20)18-10-9-12-11-19-15-8-5-4-6-13(12)15;/h4-6,8,11,14,19H,2-3,7,9-10,17H2,1H3,(H,18,20);1H. The number of carbonyl (C=O) groups is 1. The van der Waals surface area contributed by atoms with Crippen molar-refractivity contribution in [1.82, 2.24) is 10.3 Å². The van der Waals surface area contributed by atoms with Gasteiger partial charge in [-0.2, -0.15) is 0 Å². The number of unbranched alkanes of at least 4 members (excludes halogenated alkanes) is 1. The largest absolute Gasteiger partial charge is 0.361 e. The third-order valence-corrected chi connectivity index (χ3v) is 3.57. The summed E-state index contributed by atoms with van der Waals surface area (Å²) >= 11 is 0. The number of nitrogens with two attached hydrogens (primary N) is 1. The number of benzene rings is 1. The topological polar surface area (TPSA) is 70.9 Å². The van der Waals surface area contributed by atoms with Gasteiger partial charge in [0.25, 0.3) is 0 Å². The summed E-state index contributed by atoms with van der Waals surface area (Å²) in [5.74, 6) is -0.0432. The van der Waals surface area contributed by atoms with Crippen molar-refractivity contribution in [1.29, 1.82) is 0 Å². The number of H-pyrrole nitrogens is 1. The Balaban J connectivity index is 0.00000220. The fourth-order valence-electron chi connectivity index (χ4n) is 2.35. The summed E-state index contributed by atoms with van der Waals surface area (Å²) in [4.78, 5) is 15.0. The van der Waals surface area contributed by atoms with Gasteiger partial charge in [-0.15, -0.1) is 12.4 Å². The highest BCUT2D eigenvalue weighted by Gasteiger charge is 2.12. The molecule has 0 fully saturated rings. The van der Waals surface area contributed by atoms with Crippen molar-refractivity contribution in [3.8, 4) is 0 Å². The molecule has 1 atom stereocenters. The molecule has 0 aliphatic heterocycles. The maximum absolute atomic E-state index is 11.8. The third kappa shape index (κ3) is 4.76. The number of rotatable bonds is 7. The fourth-order valence-corrected chi connectivity index (χ4v) is 2.35. The number of aromatic nitrogens is 1. The van der Waals surface area contributed by atoms with Gasteiger partial charge in [0.2, 0.25) is 5.91 Å². The molecule has 2 rings (SSSR count). The molecular formula is C16H24ClN3O. The minimum absolute atomic E-state index is 0. The Morgan fingerprint density at radius 1 is 1.38 bits per heavy atom. The van der Waals surface area contributed by atoms with E-state index < -0.39 is 0 Å². The normalized spacial score (nSPS) is 11.9. The van der Waals surface area contributed by atoms with Crippen LogP contribution in [0.4, 0.5) is 0 Å². The summed E-state index contributed by atoms with van der Waals surface area (Å²) < 4.78 is 0. The van der Waals surface area contributed by atoms with Crippen LogP contribution >= 0.6 is 12.4 Å². The summed E-state index contributed by atoms with van der Waals surface area (Å²) in [6, 6.07) is 7.81. The van der Waals surface area contributed by atoms with E-state index in [0.29, 0.717) is 6.54 Å². The van der Waals surface area contributed by atoms with Crippen LogP contribution in [-0.4, -0.2) is 23.5 Å². The molecule has 0 aliphatic rings. The first-order chi connectivity index (χ1) is 9.72. The lowest BCUT2D eigenvalue weighted by Crippen LogP contribution is -2.41. The summed E-state index contributed by atoms with van der Waals surface area (Å²) in [6.07, 6.45) is 5.65. The second-order valence-electron chi connectivity index (χ2n) is 5.15. The molecule has 4 N–H and O–H groups in total. The Hall–Kier alpha value is -1.52. The number of hydrogen-bond acceptors (Lipinski definition) is 2. The maximum atomic E-state index is 11.8. The molecule has 0 bridgehead atoms. The molecule has 116 valence electrons. The molecule has 1 unspecified atom stereocenters. The summed E-state index contributed by atoms with van der Waals surface area (Å²) in [5.41, 5.74) is 8.19. The number of nitrogens with one attached hydrogen (secondary N) is 2. The molecule has 1 amide bonds. The monoisotopic (exact) mass is 309 g/mol. The van der Waals surface area contributed by atoms with Gasteiger partial charge in [-0.3, -0.25) is 4.79 Å². The van der Waals surface area contributed by atoms with Crippen LogP contribution in [0.25, 0.3) is 10.9 Å². The van der Waals surface area contributed by atoms with Crippen molar-refractivity contribution in [2.45, 2.75) is 38.6 Å². The van der Waals surface area contributed by atoms with E-state index in [9.17, 15) is 4.79 Å². The van der Waals surface area contributed by atoms with Gasteiger partial charge in [0.15, 0.2) is 0 Å². The molecule has 2 aromatic rings. The number of para-hydroxylation sites is 1. The Morgan fingerprint density at radius 3 is 2.90 bits per heavy atom. The predicted octanol–water partition coefficient (Wildman–Crippen LogP) is 2.77. The minimum atomic E-state index is -0.377. The molecule has 1 heterocycles. The van der Waals surface area contributed by atoms with Crippen LogP contribution < -0.4 is 11.1 Å². The van der Waals surface area contributed by atoms with Gasteiger partial charge >= 0.3 is 0 Å². The molecule has 0 aliphatic carbocycles. The summed E-state index contributed by atoms with van der Waals surface area (Å²) in [5, 5.41) is 4.14. The van der Waals surface area contributed by atoms with Crippen molar-refractivity contribution in [3.05, 3.63) is 36.0 Å². The summed E-state index contributed by atoms with van der Waals surface area (Å²) in [7, 11) is 0. The van der Waals surface area contributed by atoms with E-state index in [1.165, 1.54) is 10.9 Å². The van der Waals surface area contributed by atoms with Gasteiger partial charge in [0.1, 0.15) is 0 Å². The number of amides is 1. The average Bonchev–Trinajstić information content (AvgIpc) is 2.88. The van der Waals surface area contributed by atoms with Crippen molar-refractivity contribution in [2.24, 2.45) is 5.73 Å². The number of carbonyl (C=O) groups excluding carboxylic acids is 1. The highest BCUT2D eigenvalue weighted by atomic mass is 35.5. The van der Waals surface area contributed by atoms with Gasteiger partial charge < -0.3 is 16.0 Å². The molecule has 0 saturated heterocycles. The maximum Gasteiger partial charge on any atom is 0.236 e. The number of fused-ring (bicyclic) bond motifs is 1. The fraction of sp³-hybridized carbons (Fsp3) is 0.438. The van der Waals surface area contributed by atoms with E-state index >= 15 is 0 Å². The molecule has 21 heavy (non-hydrogen) atoms. The SMILES string of the molecule is CCCCC(N)C(=O)NCCc1c[nH]c2ccccc12.Cl. The Morgan fingerprint density at radius 2 is 2.14 bits per heavy atom. The van der Waals surface area contributed by atoms with Gasteiger partial charge in [-0.1, -0.05) is 38.0 Å². The molecule has 0 spiro atoms. The highest BCUT2D eigenvalue weighted by Crippen LogP contribution is 2.17. The second-order valence-corrected chi connectivity index (χ2v) is 5.15. The first-order valence-electron chi connectivity index (χ1n) is 7.30. The van der Waals surface area contributed by atoms with Crippen LogP contribution in [0, 0.1) is 0 Å². The van der Waals surface area contributed by atoms with Crippen LogP contribution in [0.1, 0.15) is 31.7 Å². The lowest BCUT2D eigenvalue weighted by molar-refractivity contribution is -0.122. The van der Waals surface area contributed by atoms with E-state index in [2.05, 4.69) is 29.4 Å². The quantitative estimate of drug-likeness (QED) is 0.736. The molecule has 1 aromatic heterocycles. The highest BCUT2D eigenvalue weighted by molar-refractivity contribution is 5.85. The van der Waals surface area contributed by atoms with Crippen LogP contribution in [0.15, 0.2) is 30.5 Å². The van der Waals surface area contributed by atoms with E-state index in [-0.39, 0.29) is 24.4 Å². The molecule has 5 heteroatoms. The van der Waals surface area contributed by atoms with Crippen LogP contribution in [0.5, 0.6) is 0 Å². The summed E-state index contributed by atoms with van der Waals surface area (Å²) in [6.45, 7) is 2.72. The van der Waals surface area contributed by atoms with Crippen LogP contribution in [0.2, 0.25) is 0 Å².